The van der Waals surface area contributed by atoms with Gasteiger partial charge in [-0.25, -0.2) is 0 Å². The summed E-state index contributed by atoms with van der Waals surface area (Å²) in [5.41, 5.74) is 0.664. The van der Waals surface area contributed by atoms with E-state index < -0.39 is 16.7 Å². The molecule has 0 saturated heterocycles. The summed E-state index contributed by atoms with van der Waals surface area (Å²) in [6, 6.07) is 6.07. The maximum absolute atomic E-state index is 12.3. The molecule has 2 aromatic rings. The second-order valence-electron chi connectivity index (χ2n) is 5.10. The molecule has 0 aliphatic carbocycles. The molecule has 11 heteroatoms. The van der Waals surface area contributed by atoms with Crippen molar-refractivity contribution in [2.24, 2.45) is 10.1 Å². The van der Waals surface area contributed by atoms with Gasteiger partial charge in [0.05, 0.1) is 11.6 Å². The summed E-state index contributed by atoms with van der Waals surface area (Å²) < 4.78 is 5.01. The Bertz CT molecular complexity index is 1040. The van der Waals surface area contributed by atoms with Crippen molar-refractivity contribution in [2.75, 3.05) is 0 Å². The van der Waals surface area contributed by atoms with Crippen LogP contribution in [0.2, 0.25) is 0 Å². The Morgan fingerprint density at radius 3 is 2.88 bits per heavy atom. The van der Waals surface area contributed by atoms with Gasteiger partial charge in [0.15, 0.2) is 5.84 Å². The van der Waals surface area contributed by atoms with E-state index >= 15 is 0 Å². The number of nitro groups is 1. The van der Waals surface area contributed by atoms with E-state index in [9.17, 15) is 14.9 Å². The van der Waals surface area contributed by atoms with E-state index in [0.29, 0.717) is 5.04 Å². The van der Waals surface area contributed by atoms with Crippen molar-refractivity contribution in [1.82, 2.24) is 9.99 Å². The van der Waals surface area contributed by atoms with E-state index in [0.717, 1.165) is 17.3 Å². The number of carbonyl (C=O) groups is 1. The van der Waals surface area contributed by atoms with Gasteiger partial charge in [0.1, 0.15) is 15.7 Å². The average molecular weight is 368 g/mol. The smallest absolute Gasteiger partial charge is 0.401 e. The van der Waals surface area contributed by atoms with Crippen molar-refractivity contribution in [3.8, 4) is 0 Å². The first-order valence-electron chi connectivity index (χ1n) is 7.18. The minimum absolute atomic E-state index is 0.0743. The number of furan rings is 1. The largest absolute Gasteiger partial charge is 0.433 e. The Kier molecular flexibility index (Phi) is 3.69. The number of nitrogens with zero attached hydrogens (tertiary/aromatic N) is 5. The molecule has 1 amide bonds. The molecule has 10 nitrogen and oxygen atoms in total. The SMILES string of the molecule is N=C1/C(=C\c2ccc([N+](=O)[O-])o2)C(=O)N=C2SC(c3cccnc3)=NN12. The van der Waals surface area contributed by atoms with E-state index in [1.54, 1.807) is 18.5 Å². The van der Waals surface area contributed by atoms with Gasteiger partial charge < -0.3 is 4.42 Å². The first-order valence-corrected chi connectivity index (χ1v) is 7.99. The fraction of sp³-hybridized carbons (Fsp3) is 0. The molecule has 0 radical (unpaired) electrons. The Hall–Kier alpha value is -3.60. The van der Waals surface area contributed by atoms with Gasteiger partial charge in [0.25, 0.3) is 5.91 Å². The van der Waals surface area contributed by atoms with Crippen LogP contribution < -0.4 is 0 Å². The van der Waals surface area contributed by atoms with Crippen LogP contribution >= 0.6 is 11.8 Å². The number of hydrazone groups is 1. The number of fused-ring (bicyclic) bond motifs is 1. The fourth-order valence-corrected chi connectivity index (χ4v) is 3.14. The Morgan fingerprint density at radius 1 is 1.35 bits per heavy atom. The normalized spacial score (nSPS) is 18.0. The van der Waals surface area contributed by atoms with Crippen molar-refractivity contribution in [3.05, 3.63) is 63.7 Å². The Balaban J connectivity index is 1.68. The van der Waals surface area contributed by atoms with Crippen molar-refractivity contribution in [1.29, 1.82) is 5.41 Å². The van der Waals surface area contributed by atoms with Crippen LogP contribution in [0.1, 0.15) is 11.3 Å². The van der Waals surface area contributed by atoms with Crippen LogP contribution in [0.15, 0.2) is 56.7 Å². The second kappa shape index (κ2) is 6.04. The molecule has 2 aliphatic heterocycles. The standard InChI is InChI=1S/C15H8N6O4S/c16-12-10(6-9-3-4-11(25-9)21(23)24)13(22)18-15-20(12)19-14(26-15)8-2-1-5-17-7-8/h1-7,16H/b10-6+,16-12?. The third-order valence-electron chi connectivity index (χ3n) is 3.44. The topological polar surface area (TPSA) is 138 Å². The molecule has 0 unspecified atom stereocenters. The van der Waals surface area contributed by atoms with E-state index in [-0.39, 0.29) is 22.3 Å². The van der Waals surface area contributed by atoms with E-state index in [4.69, 9.17) is 9.83 Å². The summed E-state index contributed by atoms with van der Waals surface area (Å²) >= 11 is 1.16. The van der Waals surface area contributed by atoms with Crippen LogP contribution in [-0.2, 0) is 4.79 Å². The number of aliphatic imine (C=N–C) groups is 1. The molecule has 2 aliphatic rings. The highest BCUT2D eigenvalue weighted by Crippen LogP contribution is 2.31. The molecular formula is C15H8N6O4S. The zero-order chi connectivity index (χ0) is 18.3. The molecule has 2 aromatic heterocycles. The lowest BCUT2D eigenvalue weighted by atomic mass is 10.1. The maximum atomic E-state index is 12.3. The Labute approximate surface area is 149 Å². The van der Waals surface area contributed by atoms with E-state index in [1.165, 1.54) is 23.2 Å². The third kappa shape index (κ3) is 2.69. The number of thioether (sulfide) groups is 1. The number of nitrogens with one attached hydrogen (secondary N) is 1. The predicted octanol–water partition coefficient (Wildman–Crippen LogP) is 2.25. The maximum Gasteiger partial charge on any atom is 0.433 e. The highest BCUT2D eigenvalue weighted by atomic mass is 32.2. The summed E-state index contributed by atoms with van der Waals surface area (Å²) in [5, 5.41) is 25.3. The van der Waals surface area contributed by atoms with Crippen LogP contribution in [0.4, 0.5) is 5.88 Å². The molecular weight excluding hydrogens is 360 g/mol. The van der Waals surface area contributed by atoms with Gasteiger partial charge in [-0.15, -0.1) is 0 Å². The molecule has 4 rings (SSSR count). The minimum atomic E-state index is -0.687. The highest BCUT2D eigenvalue weighted by Gasteiger charge is 2.36. The van der Waals surface area contributed by atoms with Gasteiger partial charge in [-0.2, -0.15) is 15.1 Å². The second-order valence-corrected chi connectivity index (χ2v) is 6.06. The first kappa shape index (κ1) is 15.9. The van der Waals surface area contributed by atoms with Gasteiger partial charge in [0, 0.05) is 18.0 Å². The van der Waals surface area contributed by atoms with Gasteiger partial charge in [0.2, 0.25) is 5.17 Å². The Morgan fingerprint density at radius 2 is 2.19 bits per heavy atom. The number of aromatic nitrogens is 1. The minimum Gasteiger partial charge on any atom is -0.401 e. The van der Waals surface area contributed by atoms with Crippen LogP contribution in [-0.4, -0.2) is 36.9 Å². The molecule has 0 spiro atoms. The monoisotopic (exact) mass is 368 g/mol. The highest BCUT2D eigenvalue weighted by molar-refractivity contribution is 8.27. The lowest BCUT2D eigenvalue weighted by Crippen LogP contribution is -2.35. The first-order chi connectivity index (χ1) is 12.5. The molecule has 0 atom stereocenters. The molecule has 0 aromatic carbocycles. The van der Waals surface area contributed by atoms with Crippen LogP contribution in [0, 0.1) is 15.5 Å². The summed E-state index contributed by atoms with van der Waals surface area (Å²) in [7, 11) is 0. The lowest BCUT2D eigenvalue weighted by Gasteiger charge is -2.19. The number of carbonyl (C=O) groups excluding carboxylic acids is 1. The van der Waals surface area contributed by atoms with E-state index in [2.05, 4.69) is 15.1 Å². The summed E-state index contributed by atoms with van der Waals surface area (Å²) in [5.74, 6) is -1.21. The quantitative estimate of drug-likeness (QED) is 0.498. The number of hydrogen-bond acceptors (Lipinski definition) is 8. The van der Waals surface area contributed by atoms with Gasteiger partial charge in [-0.05, 0) is 36.0 Å². The van der Waals surface area contributed by atoms with Crippen molar-refractivity contribution in [2.45, 2.75) is 0 Å². The number of amidine groups is 2. The molecule has 128 valence electrons. The number of hydrogen-bond donors (Lipinski definition) is 1. The van der Waals surface area contributed by atoms with Crippen LogP contribution in [0.5, 0.6) is 0 Å². The third-order valence-corrected chi connectivity index (χ3v) is 4.40. The molecule has 4 heterocycles. The van der Waals surface area contributed by atoms with Crippen molar-refractivity contribution < 1.29 is 14.1 Å². The zero-order valence-electron chi connectivity index (χ0n) is 12.8. The lowest BCUT2D eigenvalue weighted by molar-refractivity contribution is -0.402. The van der Waals surface area contributed by atoms with Crippen molar-refractivity contribution >= 4 is 45.7 Å². The van der Waals surface area contributed by atoms with Gasteiger partial charge in [-0.3, -0.25) is 25.3 Å². The van der Waals surface area contributed by atoms with E-state index in [1.807, 2.05) is 6.07 Å². The molecule has 0 fully saturated rings. The molecule has 0 bridgehead atoms. The average Bonchev–Trinajstić information content (AvgIpc) is 3.26. The van der Waals surface area contributed by atoms with Gasteiger partial charge in [-0.1, -0.05) is 0 Å². The summed E-state index contributed by atoms with van der Waals surface area (Å²) in [6.45, 7) is 0. The molecule has 0 saturated carbocycles. The number of pyridine rings is 1. The summed E-state index contributed by atoms with van der Waals surface area (Å²) in [4.78, 5) is 30.2. The molecule has 1 N–H and O–H groups in total. The van der Waals surface area contributed by atoms with Crippen LogP contribution in [0.25, 0.3) is 6.08 Å². The summed E-state index contributed by atoms with van der Waals surface area (Å²) in [6.07, 6.45) is 4.48. The number of amides is 1. The zero-order valence-corrected chi connectivity index (χ0v) is 13.6. The predicted molar refractivity (Wildman–Crippen MR) is 93.7 cm³/mol. The number of rotatable bonds is 3. The van der Waals surface area contributed by atoms with Gasteiger partial charge >= 0.3 is 5.88 Å². The molecule has 26 heavy (non-hydrogen) atoms. The van der Waals surface area contributed by atoms with Crippen LogP contribution in [0.3, 0.4) is 0 Å². The fourth-order valence-electron chi connectivity index (χ4n) is 2.26. The van der Waals surface area contributed by atoms with Crippen molar-refractivity contribution in [3.63, 3.8) is 0 Å².